The molecule has 5 rings (SSSR count). The highest BCUT2D eigenvalue weighted by Gasteiger charge is 2.38. The van der Waals surface area contributed by atoms with Crippen LogP contribution in [0.2, 0.25) is 0 Å². The number of aromatic carboxylic acids is 1. The van der Waals surface area contributed by atoms with Crippen LogP contribution in [0, 0.1) is 5.92 Å². The van der Waals surface area contributed by atoms with Crippen molar-refractivity contribution in [2.45, 2.75) is 36.9 Å². The maximum Gasteiger partial charge on any atom is 0.336 e. The molecule has 0 bridgehead atoms. The molecule has 0 aliphatic carbocycles. The number of amides is 1. The number of carboxylic acid groups (broad SMARTS) is 1. The van der Waals surface area contributed by atoms with Gasteiger partial charge in [-0.15, -0.1) is 11.8 Å². The summed E-state index contributed by atoms with van der Waals surface area (Å²) in [5.74, 6) is -0.726. The Bertz CT molecular complexity index is 1490. The van der Waals surface area contributed by atoms with Crippen molar-refractivity contribution in [3.05, 3.63) is 131 Å². The van der Waals surface area contributed by atoms with Gasteiger partial charge in [-0.25, -0.2) is 4.79 Å². The Morgan fingerprint density at radius 3 is 2.32 bits per heavy atom. The maximum atomic E-state index is 12.7. The zero-order valence-electron chi connectivity index (χ0n) is 22.5. The number of carbonyl (C=O) groups is 2. The van der Waals surface area contributed by atoms with Crippen molar-refractivity contribution < 1.29 is 29.3 Å². The summed E-state index contributed by atoms with van der Waals surface area (Å²) in [5.41, 5.74) is 3.95. The number of carbonyl (C=O) groups excluding carboxylic acids is 1. The number of aliphatic hydroxyl groups excluding tert-OH is 1. The summed E-state index contributed by atoms with van der Waals surface area (Å²) >= 11 is 1.44. The van der Waals surface area contributed by atoms with Crippen LogP contribution in [-0.2, 0) is 16.1 Å². The van der Waals surface area contributed by atoms with Crippen LogP contribution in [0.5, 0.6) is 0 Å². The molecule has 1 amide bonds. The van der Waals surface area contributed by atoms with E-state index < -0.39 is 12.3 Å². The molecule has 0 saturated carbocycles. The predicted octanol–water partition coefficient (Wildman–Crippen LogP) is 6.71. The number of ether oxygens (including phenoxy) is 2. The first kappa shape index (κ1) is 28.6. The fraction of sp³-hybridized carbons (Fsp3) is 0.212. The molecule has 1 saturated heterocycles. The molecule has 0 spiro atoms. The minimum Gasteiger partial charge on any atom is -0.478 e. The number of aliphatic hydroxyl groups is 1. The second kappa shape index (κ2) is 13.1. The third-order valence-electron chi connectivity index (χ3n) is 7.10. The molecule has 1 aliphatic rings. The Hall–Kier alpha value is -3.95. The average molecular weight is 570 g/mol. The van der Waals surface area contributed by atoms with E-state index in [-0.39, 0.29) is 36.2 Å². The van der Waals surface area contributed by atoms with Crippen LogP contribution < -0.4 is 5.32 Å². The fourth-order valence-corrected chi connectivity index (χ4v) is 6.02. The summed E-state index contributed by atoms with van der Waals surface area (Å²) in [6.45, 7) is 2.02. The highest BCUT2D eigenvalue weighted by atomic mass is 32.2. The van der Waals surface area contributed by atoms with E-state index in [9.17, 15) is 19.8 Å². The molecule has 41 heavy (non-hydrogen) atoms. The van der Waals surface area contributed by atoms with Gasteiger partial charge in [0.25, 0.3) is 5.91 Å². The third kappa shape index (κ3) is 6.86. The minimum atomic E-state index is -0.969. The lowest BCUT2D eigenvalue weighted by molar-refractivity contribution is -0.268. The topological polar surface area (TPSA) is 105 Å². The third-order valence-corrected chi connectivity index (χ3v) is 8.26. The van der Waals surface area contributed by atoms with Gasteiger partial charge in [0.05, 0.1) is 24.4 Å². The number of nitrogens with one attached hydrogen (secondary N) is 1. The molecule has 7 nitrogen and oxygen atoms in total. The number of hydrogen-bond acceptors (Lipinski definition) is 6. The van der Waals surface area contributed by atoms with Gasteiger partial charge in [0.2, 0.25) is 0 Å². The van der Waals surface area contributed by atoms with Crippen LogP contribution >= 0.6 is 11.8 Å². The smallest absolute Gasteiger partial charge is 0.336 e. The summed E-state index contributed by atoms with van der Waals surface area (Å²) < 4.78 is 13.0. The van der Waals surface area contributed by atoms with Crippen LogP contribution in [-0.4, -0.2) is 33.9 Å². The van der Waals surface area contributed by atoms with E-state index in [1.165, 1.54) is 11.8 Å². The first-order valence-corrected chi connectivity index (χ1v) is 14.3. The van der Waals surface area contributed by atoms with E-state index in [1.54, 1.807) is 30.3 Å². The standard InChI is InChI=1S/C33H31NO6S/c1-21-28(20-41-29-13-6-5-12-27(29)32(37)38)39-33(40-30(21)23-16-14-22(19-35)15-17-23)25-10-7-11-26(18-25)34-31(36)24-8-3-2-4-9-24/h2-18,21,28,30,33,35H,19-20H2,1H3,(H,34,36)(H,37,38)/t21-,28+,30+,33+/m0/s1. The van der Waals surface area contributed by atoms with Crippen LogP contribution in [0.25, 0.3) is 0 Å². The normalized spacial score (nSPS) is 20.3. The predicted molar refractivity (Wildman–Crippen MR) is 158 cm³/mol. The molecule has 4 aromatic carbocycles. The summed E-state index contributed by atoms with van der Waals surface area (Å²) in [5, 5.41) is 22.1. The summed E-state index contributed by atoms with van der Waals surface area (Å²) in [4.78, 5) is 25.2. The Morgan fingerprint density at radius 1 is 0.854 bits per heavy atom. The van der Waals surface area contributed by atoms with Crippen molar-refractivity contribution in [1.29, 1.82) is 0 Å². The lowest BCUT2D eigenvalue weighted by atomic mass is 9.91. The van der Waals surface area contributed by atoms with Crippen molar-refractivity contribution in [1.82, 2.24) is 0 Å². The van der Waals surface area contributed by atoms with Gasteiger partial charge in [0.15, 0.2) is 6.29 Å². The van der Waals surface area contributed by atoms with Gasteiger partial charge >= 0.3 is 5.97 Å². The van der Waals surface area contributed by atoms with Crippen molar-refractivity contribution in [3.63, 3.8) is 0 Å². The fourth-order valence-electron chi connectivity index (χ4n) is 4.81. The molecular weight excluding hydrogens is 538 g/mol. The molecule has 1 fully saturated rings. The van der Waals surface area contributed by atoms with Gasteiger partial charge in [-0.3, -0.25) is 4.79 Å². The number of anilines is 1. The number of benzene rings is 4. The van der Waals surface area contributed by atoms with E-state index in [2.05, 4.69) is 12.2 Å². The van der Waals surface area contributed by atoms with Crippen molar-refractivity contribution in [3.8, 4) is 0 Å². The molecule has 8 heteroatoms. The highest BCUT2D eigenvalue weighted by Crippen LogP contribution is 2.43. The zero-order chi connectivity index (χ0) is 28.8. The first-order chi connectivity index (χ1) is 19.9. The van der Waals surface area contributed by atoms with E-state index in [4.69, 9.17) is 9.47 Å². The molecule has 0 radical (unpaired) electrons. The van der Waals surface area contributed by atoms with E-state index in [1.807, 2.05) is 72.8 Å². The Morgan fingerprint density at radius 2 is 1.59 bits per heavy atom. The zero-order valence-corrected chi connectivity index (χ0v) is 23.3. The second-order valence-corrected chi connectivity index (χ2v) is 10.9. The van der Waals surface area contributed by atoms with E-state index in [0.717, 1.165) is 16.7 Å². The number of thioether (sulfide) groups is 1. The summed E-state index contributed by atoms with van der Waals surface area (Å²) in [6, 6.07) is 31.0. The number of carboxylic acids is 1. The van der Waals surface area contributed by atoms with Gasteiger partial charge in [0, 0.05) is 33.4 Å². The minimum absolute atomic E-state index is 0.0448. The molecule has 210 valence electrons. The van der Waals surface area contributed by atoms with Gasteiger partial charge in [-0.05, 0) is 47.5 Å². The summed E-state index contributed by atoms with van der Waals surface area (Å²) in [7, 11) is 0. The van der Waals surface area contributed by atoms with Crippen LogP contribution in [0.1, 0.15) is 56.7 Å². The van der Waals surface area contributed by atoms with Crippen molar-refractivity contribution >= 4 is 29.3 Å². The Labute approximate surface area is 243 Å². The van der Waals surface area contributed by atoms with E-state index >= 15 is 0 Å². The van der Waals surface area contributed by atoms with Crippen LogP contribution in [0.15, 0.2) is 108 Å². The van der Waals surface area contributed by atoms with Crippen molar-refractivity contribution in [2.75, 3.05) is 11.1 Å². The Balaban J connectivity index is 1.40. The van der Waals surface area contributed by atoms with Gasteiger partial charge < -0.3 is 25.0 Å². The Kier molecular flexibility index (Phi) is 9.16. The monoisotopic (exact) mass is 569 g/mol. The SMILES string of the molecule is C[C@H]1[C@@H](CSc2ccccc2C(=O)O)O[C@@H](c2cccc(NC(=O)c3ccccc3)c2)O[C@H]1c1ccc(CO)cc1. The molecular formula is C33H31NO6S. The molecule has 3 N–H and O–H groups in total. The average Bonchev–Trinajstić information content (AvgIpc) is 3.01. The number of rotatable bonds is 9. The van der Waals surface area contributed by atoms with Crippen LogP contribution in [0.4, 0.5) is 5.69 Å². The molecule has 1 heterocycles. The second-order valence-electron chi connectivity index (χ2n) is 9.88. The lowest BCUT2D eigenvalue weighted by Gasteiger charge is -2.41. The first-order valence-electron chi connectivity index (χ1n) is 13.3. The highest BCUT2D eigenvalue weighted by molar-refractivity contribution is 7.99. The number of hydrogen-bond donors (Lipinski definition) is 3. The molecule has 4 aromatic rings. The lowest BCUT2D eigenvalue weighted by Crippen LogP contribution is -2.38. The van der Waals surface area contributed by atoms with Gasteiger partial charge in [-0.2, -0.15) is 0 Å². The largest absolute Gasteiger partial charge is 0.478 e. The van der Waals surface area contributed by atoms with Crippen LogP contribution in [0.3, 0.4) is 0 Å². The van der Waals surface area contributed by atoms with Gasteiger partial charge in [0.1, 0.15) is 0 Å². The van der Waals surface area contributed by atoms with Crippen molar-refractivity contribution in [2.24, 2.45) is 5.92 Å². The quantitative estimate of drug-likeness (QED) is 0.192. The van der Waals surface area contributed by atoms with E-state index in [0.29, 0.717) is 21.9 Å². The van der Waals surface area contributed by atoms with Gasteiger partial charge in [-0.1, -0.05) is 73.7 Å². The summed E-state index contributed by atoms with van der Waals surface area (Å²) in [6.07, 6.45) is -1.31. The molecule has 0 aromatic heterocycles. The maximum absolute atomic E-state index is 12.7. The molecule has 0 unspecified atom stereocenters. The molecule has 1 aliphatic heterocycles. The molecule has 4 atom stereocenters.